The fraction of sp³-hybridized carbons (Fsp3) is 0.818. The normalized spacial score (nSPS) is 21.4. The molecule has 0 radical (unpaired) electrons. The second-order valence-corrected chi connectivity index (χ2v) is 4.01. The first kappa shape index (κ1) is 11.7. The third-order valence-corrected chi connectivity index (χ3v) is 2.32. The molecule has 3 nitrogen and oxygen atoms in total. The standard InChI is InChI=1S/C11H22N2O/c1-10(2)9-14-7-6-12-8-11-4-3-5-13-11/h11-13H,1,3-9H2,2H3. The minimum atomic E-state index is 0.677. The maximum absolute atomic E-state index is 5.38. The quantitative estimate of drug-likeness (QED) is 0.471. The molecule has 1 heterocycles. The van der Waals surface area contributed by atoms with E-state index in [-0.39, 0.29) is 0 Å². The van der Waals surface area contributed by atoms with Gasteiger partial charge in [0.1, 0.15) is 0 Å². The van der Waals surface area contributed by atoms with E-state index in [0.717, 1.165) is 25.3 Å². The molecule has 0 aromatic heterocycles. The zero-order chi connectivity index (χ0) is 10.2. The van der Waals surface area contributed by atoms with Crippen LogP contribution in [0.4, 0.5) is 0 Å². The van der Waals surface area contributed by atoms with Crippen molar-refractivity contribution < 1.29 is 4.74 Å². The third kappa shape index (κ3) is 5.37. The molecule has 1 unspecified atom stereocenters. The lowest BCUT2D eigenvalue weighted by Crippen LogP contribution is -2.35. The molecule has 0 spiro atoms. The lowest BCUT2D eigenvalue weighted by molar-refractivity contribution is 0.157. The molecule has 1 rings (SSSR count). The smallest absolute Gasteiger partial charge is 0.0672 e. The fourth-order valence-corrected chi connectivity index (χ4v) is 1.60. The Labute approximate surface area is 86.9 Å². The van der Waals surface area contributed by atoms with E-state index in [4.69, 9.17) is 4.74 Å². The van der Waals surface area contributed by atoms with Crippen molar-refractivity contribution in [3.63, 3.8) is 0 Å². The lowest BCUT2D eigenvalue weighted by atomic mass is 10.2. The number of hydrogen-bond donors (Lipinski definition) is 2. The summed E-state index contributed by atoms with van der Waals surface area (Å²) in [5.74, 6) is 0. The maximum atomic E-state index is 5.38. The molecule has 82 valence electrons. The molecule has 1 aliphatic rings. The summed E-state index contributed by atoms with van der Waals surface area (Å²) in [6.07, 6.45) is 2.62. The van der Waals surface area contributed by atoms with Crippen LogP contribution < -0.4 is 10.6 Å². The summed E-state index contributed by atoms with van der Waals surface area (Å²) in [6.45, 7) is 10.4. The summed E-state index contributed by atoms with van der Waals surface area (Å²) in [7, 11) is 0. The molecule has 1 fully saturated rings. The van der Waals surface area contributed by atoms with Gasteiger partial charge in [0.05, 0.1) is 13.2 Å². The molecule has 0 aromatic rings. The van der Waals surface area contributed by atoms with Crippen LogP contribution in [0.5, 0.6) is 0 Å². The predicted molar refractivity (Wildman–Crippen MR) is 59.5 cm³/mol. The molecule has 0 aliphatic carbocycles. The van der Waals surface area contributed by atoms with E-state index in [1.54, 1.807) is 0 Å². The molecular weight excluding hydrogens is 176 g/mol. The van der Waals surface area contributed by atoms with Crippen molar-refractivity contribution in [2.75, 3.05) is 32.8 Å². The third-order valence-electron chi connectivity index (χ3n) is 2.32. The van der Waals surface area contributed by atoms with Crippen molar-refractivity contribution in [3.05, 3.63) is 12.2 Å². The van der Waals surface area contributed by atoms with E-state index in [1.807, 2.05) is 6.92 Å². The van der Waals surface area contributed by atoms with Gasteiger partial charge in [-0.3, -0.25) is 0 Å². The minimum Gasteiger partial charge on any atom is -0.376 e. The Balaban J connectivity index is 1.82. The molecule has 0 aromatic carbocycles. The van der Waals surface area contributed by atoms with Crippen LogP contribution in [0.1, 0.15) is 19.8 Å². The van der Waals surface area contributed by atoms with E-state index in [1.165, 1.54) is 19.4 Å². The Morgan fingerprint density at radius 2 is 2.50 bits per heavy atom. The van der Waals surface area contributed by atoms with Crippen molar-refractivity contribution in [2.45, 2.75) is 25.8 Å². The average Bonchev–Trinajstić information content (AvgIpc) is 2.63. The monoisotopic (exact) mass is 198 g/mol. The SMILES string of the molecule is C=C(C)COCCNCC1CCCN1. The number of ether oxygens (including phenoxy) is 1. The highest BCUT2D eigenvalue weighted by Crippen LogP contribution is 2.02. The van der Waals surface area contributed by atoms with E-state index in [2.05, 4.69) is 17.2 Å². The number of hydrogen-bond acceptors (Lipinski definition) is 3. The summed E-state index contributed by atoms with van der Waals surface area (Å²) in [5, 5.41) is 6.83. The Morgan fingerprint density at radius 1 is 1.64 bits per heavy atom. The predicted octanol–water partition coefficient (Wildman–Crippen LogP) is 0.921. The van der Waals surface area contributed by atoms with Crippen molar-refractivity contribution in [1.29, 1.82) is 0 Å². The lowest BCUT2D eigenvalue weighted by Gasteiger charge is -2.11. The van der Waals surface area contributed by atoms with Crippen molar-refractivity contribution in [1.82, 2.24) is 10.6 Å². The van der Waals surface area contributed by atoms with Crippen LogP contribution in [0.3, 0.4) is 0 Å². The Morgan fingerprint density at radius 3 is 3.14 bits per heavy atom. The summed E-state index contributed by atoms with van der Waals surface area (Å²) in [4.78, 5) is 0. The van der Waals surface area contributed by atoms with Gasteiger partial charge in [0.15, 0.2) is 0 Å². The Kier molecular flexibility index (Phi) is 5.83. The molecule has 1 atom stereocenters. The van der Waals surface area contributed by atoms with Gasteiger partial charge in [0.2, 0.25) is 0 Å². The van der Waals surface area contributed by atoms with Crippen molar-refractivity contribution >= 4 is 0 Å². The van der Waals surface area contributed by atoms with Crippen LogP contribution in [0.25, 0.3) is 0 Å². The molecule has 1 aliphatic heterocycles. The largest absolute Gasteiger partial charge is 0.376 e. The van der Waals surface area contributed by atoms with Gasteiger partial charge in [-0.1, -0.05) is 12.2 Å². The second-order valence-electron chi connectivity index (χ2n) is 4.01. The minimum absolute atomic E-state index is 0.677. The molecule has 0 bridgehead atoms. The van der Waals surface area contributed by atoms with Gasteiger partial charge >= 0.3 is 0 Å². The highest BCUT2D eigenvalue weighted by Gasteiger charge is 2.12. The van der Waals surface area contributed by atoms with Crippen LogP contribution in [0.15, 0.2) is 12.2 Å². The van der Waals surface area contributed by atoms with Crippen LogP contribution in [-0.4, -0.2) is 38.9 Å². The molecule has 1 saturated heterocycles. The van der Waals surface area contributed by atoms with Gasteiger partial charge < -0.3 is 15.4 Å². The van der Waals surface area contributed by atoms with Crippen molar-refractivity contribution in [2.24, 2.45) is 0 Å². The first-order valence-electron chi connectivity index (χ1n) is 5.45. The van der Waals surface area contributed by atoms with Gasteiger partial charge in [-0.25, -0.2) is 0 Å². The first-order valence-corrected chi connectivity index (χ1v) is 5.45. The summed E-state index contributed by atoms with van der Waals surface area (Å²) in [5.41, 5.74) is 1.09. The fourth-order valence-electron chi connectivity index (χ4n) is 1.60. The molecule has 2 N–H and O–H groups in total. The second kappa shape index (κ2) is 6.98. The summed E-state index contributed by atoms with van der Waals surface area (Å²) in [6, 6.07) is 0.677. The number of nitrogens with one attached hydrogen (secondary N) is 2. The summed E-state index contributed by atoms with van der Waals surface area (Å²) >= 11 is 0. The molecule has 0 amide bonds. The van der Waals surface area contributed by atoms with E-state index in [9.17, 15) is 0 Å². The number of rotatable bonds is 7. The molecular formula is C11H22N2O. The zero-order valence-electron chi connectivity index (χ0n) is 9.14. The first-order chi connectivity index (χ1) is 6.79. The highest BCUT2D eigenvalue weighted by molar-refractivity contribution is 4.87. The Bertz CT molecular complexity index is 165. The van der Waals surface area contributed by atoms with Gasteiger partial charge in [0, 0.05) is 19.1 Å². The van der Waals surface area contributed by atoms with E-state index in [0.29, 0.717) is 12.6 Å². The van der Waals surface area contributed by atoms with E-state index < -0.39 is 0 Å². The molecule has 0 saturated carbocycles. The molecule has 3 heteroatoms. The summed E-state index contributed by atoms with van der Waals surface area (Å²) < 4.78 is 5.38. The van der Waals surface area contributed by atoms with Gasteiger partial charge in [-0.15, -0.1) is 0 Å². The topological polar surface area (TPSA) is 33.3 Å². The maximum Gasteiger partial charge on any atom is 0.0672 e. The zero-order valence-corrected chi connectivity index (χ0v) is 9.14. The highest BCUT2D eigenvalue weighted by atomic mass is 16.5. The van der Waals surface area contributed by atoms with Crippen molar-refractivity contribution in [3.8, 4) is 0 Å². The van der Waals surface area contributed by atoms with Crippen LogP contribution in [0.2, 0.25) is 0 Å². The van der Waals surface area contributed by atoms with E-state index >= 15 is 0 Å². The molecule has 14 heavy (non-hydrogen) atoms. The van der Waals surface area contributed by atoms with Crippen LogP contribution >= 0.6 is 0 Å². The van der Waals surface area contributed by atoms with Gasteiger partial charge in [-0.05, 0) is 26.3 Å². The Hall–Kier alpha value is -0.380. The van der Waals surface area contributed by atoms with Gasteiger partial charge in [0.25, 0.3) is 0 Å². The van der Waals surface area contributed by atoms with Gasteiger partial charge in [-0.2, -0.15) is 0 Å². The van der Waals surface area contributed by atoms with Crippen LogP contribution in [-0.2, 0) is 4.74 Å². The average molecular weight is 198 g/mol. The van der Waals surface area contributed by atoms with Crippen LogP contribution in [0, 0.1) is 0 Å².